The Hall–Kier alpha value is -3.17. The summed E-state index contributed by atoms with van der Waals surface area (Å²) in [6, 6.07) is 14.7. The molecule has 0 bridgehead atoms. The summed E-state index contributed by atoms with van der Waals surface area (Å²) in [5.41, 5.74) is 1.69. The minimum absolute atomic E-state index is 0.159. The molecule has 1 unspecified atom stereocenters. The number of benzene rings is 2. The highest BCUT2D eigenvalue weighted by Crippen LogP contribution is 2.36. The van der Waals surface area contributed by atoms with Crippen molar-refractivity contribution < 1.29 is 14.5 Å². The number of aromatic hydroxyl groups is 1. The van der Waals surface area contributed by atoms with Crippen molar-refractivity contribution in [2.45, 2.75) is 46.1 Å². The van der Waals surface area contributed by atoms with Crippen LogP contribution >= 0.6 is 11.1 Å². The van der Waals surface area contributed by atoms with Crippen LogP contribution in [0.1, 0.15) is 62.0 Å². The summed E-state index contributed by atoms with van der Waals surface area (Å²) >= 11 is -1.69. The smallest absolute Gasteiger partial charge is 0.257 e. The fraction of sp³-hybridized carbons (Fsp3) is 0.400. The van der Waals surface area contributed by atoms with E-state index in [1.54, 1.807) is 23.1 Å². The van der Waals surface area contributed by atoms with E-state index in [1.165, 1.54) is 0 Å². The number of aromatic amines is 1. The molecule has 2 heterocycles. The number of piperidine rings is 1. The Kier molecular flexibility index (Phi) is 7.04. The zero-order valence-electron chi connectivity index (χ0n) is 19.7. The molecule has 1 saturated heterocycles. The second kappa shape index (κ2) is 9.99. The molecule has 1 aliphatic heterocycles. The second-order valence-electron chi connectivity index (χ2n) is 9.63. The van der Waals surface area contributed by atoms with E-state index in [0.717, 1.165) is 24.8 Å². The Morgan fingerprint density at radius 2 is 1.85 bits per heavy atom. The number of aromatic nitrogens is 2. The quantitative estimate of drug-likeness (QED) is 0.354. The van der Waals surface area contributed by atoms with Crippen LogP contribution in [0, 0.1) is 5.41 Å². The van der Waals surface area contributed by atoms with Crippen LogP contribution in [0.2, 0.25) is 0 Å². The molecule has 1 aliphatic rings. The number of nitrogens with zero attached hydrogens (tertiary/aromatic N) is 3. The fourth-order valence-electron chi connectivity index (χ4n) is 4.19. The van der Waals surface area contributed by atoms with Gasteiger partial charge in [-0.15, -0.1) is 4.37 Å². The largest absolute Gasteiger partial charge is 0.548 e. The molecular weight excluding hydrogens is 450 g/mol. The number of phenolic OH excluding ortho intramolecular Hbond substituents is 1. The average molecular weight is 482 g/mol. The highest BCUT2D eigenvalue weighted by atomic mass is 32.2. The van der Waals surface area contributed by atoms with Crippen molar-refractivity contribution >= 4 is 28.6 Å². The van der Waals surface area contributed by atoms with E-state index in [1.807, 2.05) is 30.3 Å². The van der Waals surface area contributed by atoms with Crippen molar-refractivity contribution in [1.82, 2.24) is 13.6 Å². The number of carbonyl (C=O) groups is 1. The summed E-state index contributed by atoms with van der Waals surface area (Å²) in [5, 5.41) is 13.9. The number of amides is 1. The standard InChI is InChI=1S/C25H31N5O3S/c1-25(2,3)21(17-11-6-4-7-12-17)27-23-22(28-34(33)29-23)26-19-14-10-13-18(20(19)31)24(32)30-15-8-5-9-16-30/h4,6-7,10-14,21,31H,5,8-9,15-16H2,1-3H3,(H,26,28)(H,27,29)/t21-,34?/m0/s1. The van der Waals surface area contributed by atoms with E-state index in [9.17, 15) is 14.5 Å². The van der Waals surface area contributed by atoms with Crippen LogP contribution in [0.3, 0.4) is 0 Å². The van der Waals surface area contributed by atoms with Crippen molar-refractivity contribution in [3.05, 3.63) is 65.1 Å². The third-order valence-corrected chi connectivity index (χ3v) is 6.66. The van der Waals surface area contributed by atoms with Gasteiger partial charge >= 0.3 is 0 Å². The Labute approximate surface area is 202 Å². The van der Waals surface area contributed by atoms with Crippen LogP contribution in [0.25, 0.3) is 0 Å². The Morgan fingerprint density at radius 3 is 2.53 bits per heavy atom. The van der Waals surface area contributed by atoms with Gasteiger partial charge in [-0.3, -0.25) is 9.79 Å². The van der Waals surface area contributed by atoms with Crippen LogP contribution in [0.15, 0.2) is 53.5 Å². The molecule has 1 fully saturated rings. The van der Waals surface area contributed by atoms with Gasteiger partial charge in [-0.1, -0.05) is 57.2 Å². The maximum absolute atomic E-state index is 13.0. The van der Waals surface area contributed by atoms with E-state index in [0.29, 0.717) is 24.3 Å². The first-order chi connectivity index (χ1) is 16.2. The minimum Gasteiger partial charge on any atom is -0.548 e. The van der Waals surface area contributed by atoms with Crippen molar-refractivity contribution in [3.63, 3.8) is 0 Å². The van der Waals surface area contributed by atoms with E-state index >= 15 is 0 Å². The number of likely N-dealkylation sites (tertiary alicyclic amines) is 1. The third-order valence-electron chi connectivity index (χ3n) is 5.94. The average Bonchev–Trinajstić information content (AvgIpc) is 3.17. The Morgan fingerprint density at radius 1 is 1.15 bits per heavy atom. The van der Waals surface area contributed by atoms with Gasteiger partial charge in [0.05, 0.1) is 17.3 Å². The first kappa shape index (κ1) is 24.0. The van der Waals surface area contributed by atoms with Crippen LogP contribution in [-0.4, -0.2) is 42.3 Å². The van der Waals surface area contributed by atoms with Crippen molar-refractivity contribution in [1.29, 1.82) is 0 Å². The Bertz CT molecular complexity index is 1210. The van der Waals surface area contributed by atoms with Gasteiger partial charge < -0.3 is 19.9 Å². The molecule has 1 amide bonds. The van der Waals surface area contributed by atoms with Crippen molar-refractivity contribution in [3.8, 4) is 5.75 Å². The van der Waals surface area contributed by atoms with E-state index in [-0.39, 0.29) is 34.5 Å². The summed E-state index contributed by atoms with van der Waals surface area (Å²) in [6.45, 7) is 7.65. The molecule has 9 heteroatoms. The molecule has 34 heavy (non-hydrogen) atoms. The first-order valence-corrected chi connectivity index (χ1v) is 12.6. The molecule has 2 aromatic carbocycles. The van der Waals surface area contributed by atoms with E-state index in [2.05, 4.69) is 34.8 Å². The fourth-order valence-corrected chi connectivity index (χ4v) is 4.85. The molecule has 8 nitrogen and oxygen atoms in total. The highest BCUT2D eigenvalue weighted by Gasteiger charge is 2.27. The maximum atomic E-state index is 13.0. The number of rotatable bonds is 5. The van der Waals surface area contributed by atoms with Gasteiger partial charge in [0.1, 0.15) is 0 Å². The molecule has 3 N–H and O–H groups in total. The number of carbonyl (C=O) groups excluding carboxylic acids is 1. The summed E-state index contributed by atoms with van der Waals surface area (Å²) in [6.07, 6.45) is 3.05. The minimum atomic E-state index is -1.69. The van der Waals surface area contributed by atoms with Crippen LogP contribution in [0.5, 0.6) is 5.75 Å². The zero-order valence-corrected chi connectivity index (χ0v) is 20.6. The number of H-pyrrole nitrogens is 1. The summed E-state index contributed by atoms with van der Waals surface area (Å²) in [4.78, 5) is 19.6. The lowest BCUT2D eigenvalue weighted by Crippen LogP contribution is -2.35. The number of nitrogens with one attached hydrogen (secondary N) is 2. The zero-order chi connectivity index (χ0) is 24.3. The summed E-state index contributed by atoms with van der Waals surface area (Å²) in [5.74, 6) is -0.101. The SMILES string of the molecule is CC(C)(C)[C@@H](N=c1[nH][s+]([O-])nc1Nc1cccc(C(=O)N2CCCCC2)c1O)c1ccccc1. The van der Waals surface area contributed by atoms with Gasteiger partial charge in [0, 0.05) is 17.5 Å². The Balaban J connectivity index is 1.68. The molecule has 0 radical (unpaired) electrons. The van der Waals surface area contributed by atoms with Crippen molar-refractivity contribution in [2.24, 2.45) is 10.4 Å². The number of phenols is 1. The number of para-hydroxylation sites is 1. The normalized spacial score (nSPS) is 16.4. The lowest BCUT2D eigenvalue weighted by molar-refractivity contribution is 0.0721. The molecule has 4 rings (SSSR count). The summed E-state index contributed by atoms with van der Waals surface area (Å²) in [7, 11) is 0. The maximum Gasteiger partial charge on any atom is 0.257 e. The molecular formula is C25H31N5O3S. The molecule has 0 spiro atoms. The number of anilines is 2. The van der Waals surface area contributed by atoms with E-state index < -0.39 is 11.1 Å². The van der Waals surface area contributed by atoms with Crippen LogP contribution < -0.4 is 10.8 Å². The molecule has 180 valence electrons. The van der Waals surface area contributed by atoms with Gasteiger partial charge in [-0.25, -0.2) is 0 Å². The van der Waals surface area contributed by atoms with Gasteiger partial charge in [-0.05, 0) is 42.4 Å². The van der Waals surface area contributed by atoms with Crippen molar-refractivity contribution in [2.75, 3.05) is 18.4 Å². The molecule has 1 aromatic heterocycles. The molecule has 2 atom stereocenters. The lowest BCUT2D eigenvalue weighted by atomic mass is 9.83. The number of hydrogen-bond acceptors (Lipinski definition) is 6. The predicted octanol–water partition coefficient (Wildman–Crippen LogP) is 4.90. The topological polar surface area (TPSA) is 117 Å². The lowest BCUT2D eigenvalue weighted by Gasteiger charge is -2.27. The highest BCUT2D eigenvalue weighted by molar-refractivity contribution is 7.13. The summed E-state index contributed by atoms with van der Waals surface area (Å²) < 4.78 is 19.2. The van der Waals surface area contributed by atoms with Gasteiger partial charge in [-0.2, -0.15) is 0 Å². The predicted molar refractivity (Wildman–Crippen MR) is 133 cm³/mol. The van der Waals surface area contributed by atoms with Crippen LogP contribution in [0.4, 0.5) is 11.5 Å². The second-order valence-corrected chi connectivity index (χ2v) is 10.5. The number of hydrogen-bond donors (Lipinski definition) is 3. The van der Waals surface area contributed by atoms with E-state index in [4.69, 9.17) is 4.99 Å². The molecule has 0 saturated carbocycles. The van der Waals surface area contributed by atoms with Crippen LogP contribution in [-0.2, 0) is 0 Å². The molecule has 0 aliphatic carbocycles. The van der Waals surface area contributed by atoms with Gasteiger partial charge in [0.25, 0.3) is 5.91 Å². The first-order valence-electron chi connectivity index (χ1n) is 11.5. The van der Waals surface area contributed by atoms with Gasteiger partial charge in [0.2, 0.25) is 11.3 Å². The third kappa shape index (κ3) is 5.31. The van der Waals surface area contributed by atoms with Gasteiger partial charge in [0.15, 0.2) is 16.9 Å². The molecule has 3 aromatic rings. The monoisotopic (exact) mass is 481 g/mol.